The predicted molar refractivity (Wildman–Crippen MR) is 85.2 cm³/mol. The molecular formula is C16H20N4OS. The van der Waals surface area contributed by atoms with Crippen molar-refractivity contribution >= 4 is 17.2 Å². The number of piperidine rings is 1. The van der Waals surface area contributed by atoms with Gasteiger partial charge in [-0.2, -0.15) is 5.10 Å². The second-order valence-electron chi connectivity index (χ2n) is 6.17. The van der Waals surface area contributed by atoms with Crippen LogP contribution in [0.1, 0.15) is 58.4 Å². The average Bonchev–Trinajstić information content (AvgIpc) is 3.24. The molecule has 4 rings (SSSR count). The molecule has 0 bridgehead atoms. The van der Waals surface area contributed by atoms with Gasteiger partial charge in [-0.05, 0) is 38.5 Å². The number of carbonyl (C=O) groups excluding carboxylic acids is 1. The molecule has 0 spiro atoms. The molecule has 1 N–H and O–H groups in total. The van der Waals surface area contributed by atoms with Gasteiger partial charge in [0.2, 0.25) is 0 Å². The minimum absolute atomic E-state index is 0.108. The van der Waals surface area contributed by atoms with Gasteiger partial charge in [0.25, 0.3) is 5.91 Å². The lowest BCUT2D eigenvalue weighted by molar-refractivity contribution is 0.0705. The fourth-order valence-electron chi connectivity index (χ4n) is 3.57. The Hall–Kier alpha value is -1.69. The lowest BCUT2D eigenvalue weighted by atomic mass is 9.94. The normalized spacial score (nSPS) is 19.2. The molecule has 0 atom stereocenters. The highest BCUT2D eigenvalue weighted by molar-refractivity contribution is 7.09. The van der Waals surface area contributed by atoms with Crippen LogP contribution >= 0.6 is 11.3 Å². The van der Waals surface area contributed by atoms with Gasteiger partial charge in [-0.3, -0.25) is 9.89 Å². The number of nitrogens with zero attached hydrogens (tertiary/aromatic N) is 3. The fourth-order valence-corrected chi connectivity index (χ4v) is 4.38. The summed E-state index contributed by atoms with van der Waals surface area (Å²) in [5, 5.41) is 10.6. The molecular weight excluding hydrogens is 296 g/mol. The molecule has 22 heavy (non-hydrogen) atoms. The molecule has 116 valence electrons. The second-order valence-corrected chi connectivity index (χ2v) is 7.10. The molecule has 2 aromatic heterocycles. The molecule has 3 heterocycles. The molecule has 0 radical (unpaired) electrons. The quantitative estimate of drug-likeness (QED) is 0.926. The van der Waals surface area contributed by atoms with Gasteiger partial charge in [0, 0.05) is 41.8 Å². The zero-order chi connectivity index (χ0) is 14.9. The summed E-state index contributed by atoms with van der Waals surface area (Å²) >= 11 is 1.72. The lowest BCUT2D eigenvalue weighted by Gasteiger charge is -2.31. The molecule has 2 aliphatic rings. The number of likely N-dealkylation sites (tertiary alicyclic amines) is 1. The smallest absolute Gasteiger partial charge is 0.274 e. The predicted octanol–water partition coefficient (Wildman–Crippen LogP) is 2.76. The van der Waals surface area contributed by atoms with Crippen LogP contribution in [0.2, 0.25) is 0 Å². The third-order valence-corrected chi connectivity index (χ3v) is 5.78. The largest absolute Gasteiger partial charge is 0.337 e. The first-order chi connectivity index (χ1) is 10.8. The number of aromatic nitrogens is 3. The maximum atomic E-state index is 12.8. The number of H-pyrrole nitrogens is 1. The first kappa shape index (κ1) is 13.9. The van der Waals surface area contributed by atoms with Crippen molar-refractivity contribution < 1.29 is 4.79 Å². The third-order valence-electron chi connectivity index (χ3n) is 4.84. The van der Waals surface area contributed by atoms with E-state index in [-0.39, 0.29) is 5.91 Å². The van der Waals surface area contributed by atoms with Crippen LogP contribution in [0.3, 0.4) is 0 Å². The van der Waals surface area contributed by atoms with Crippen molar-refractivity contribution in [3.8, 4) is 0 Å². The SMILES string of the molecule is O=C(c1n[nH]c2c1CCCC2)N1CCC(c2nccs2)CC1. The Balaban J connectivity index is 1.45. The number of amides is 1. The third kappa shape index (κ3) is 2.45. The van der Waals surface area contributed by atoms with E-state index in [0.29, 0.717) is 11.6 Å². The minimum atomic E-state index is 0.108. The highest BCUT2D eigenvalue weighted by Gasteiger charge is 2.29. The first-order valence-electron chi connectivity index (χ1n) is 8.07. The Morgan fingerprint density at radius 3 is 2.86 bits per heavy atom. The van der Waals surface area contributed by atoms with Crippen molar-refractivity contribution in [1.29, 1.82) is 0 Å². The summed E-state index contributed by atoms with van der Waals surface area (Å²) in [5.41, 5.74) is 3.01. The molecule has 0 aromatic carbocycles. The van der Waals surface area contributed by atoms with Crippen molar-refractivity contribution in [2.75, 3.05) is 13.1 Å². The van der Waals surface area contributed by atoms with Crippen LogP contribution in [-0.2, 0) is 12.8 Å². The number of thiazole rings is 1. The van der Waals surface area contributed by atoms with E-state index < -0.39 is 0 Å². The van der Waals surface area contributed by atoms with E-state index in [1.807, 2.05) is 16.5 Å². The fraction of sp³-hybridized carbons (Fsp3) is 0.562. The average molecular weight is 316 g/mol. The van der Waals surface area contributed by atoms with Crippen LogP contribution in [0.5, 0.6) is 0 Å². The molecule has 1 aliphatic heterocycles. The van der Waals surface area contributed by atoms with E-state index in [1.165, 1.54) is 29.1 Å². The van der Waals surface area contributed by atoms with Gasteiger partial charge >= 0.3 is 0 Å². The lowest BCUT2D eigenvalue weighted by Crippen LogP contribution is -2.38. The number of carbonyl (C=O) groups is 1. The van der Waals surface area contributed by atoms with E-state index in [4.69, 9.17) is 0 Å². The highest BCUT2D eigenvalue weighted by atomic mass is 32.1. The summed E-state index contributed by atoms with van der Waals surface area (Å²) < 4.78 is 0. The summed E-state index contributed by atoms with van der Waals surface area (Å²) in [6.07, 6.45) is 8.26. The molecule has 1 aliphatic carbocycles. The molecule has 2 aromatic rings. The number of aromatic amines is 1. The van der Waals surface area contributed by atoms with Crippen LogP contribution in [0, 0.1) is 0 Å². The number of aryl methyl sites for hydroxylation is 1. The maximum Gasteiger partial charge on any atom is 0.274 e. The van der Waals surface area contributed by atoms with Crippen molar-refractivity contribution in [1.82, 2.24) is 20.1 Å². The van der Waals surface area contributed by atoms with Crippen molar-refractivity contribution in [3.05, 3.63) is 33.5 Å². The van der Waals surface area contributed by atoms with Crippen molar-refractivity contribution in [3.63, 3.8) is 0 Å². The topological polar surface area (TPSA) is 61.9 Å². The minimum Gasteiger partial charge on any atom is -0.337 e. The molecule has 6 heteroatoms. The molecule has 0 unspecified atom stereocenters. The van der Waals surface area contributed by atoms with E-state index in [1.54, 1.807) is 11.3 Å². The van der Waals surface area contributed by atoms with Gasteiger partial charge in [-0.1, -0.05) is 0 Å². The zero-order valence-corrected chi connectivity index (χ0v) is 13.4. The number of nitrogens with one attached hydrogen (secondary N) is 1. The summed E-state index contributed by atoms with van der Waals surface area (Å²) in [6.45, 7) is 1.62. The van der Waals surface area contributed by atoms with Crippen LogP contribution in [0.25, 0.3) is 0 Å². The van der Waals surface area contributed by atoms with Gasteiger partial charge in [0.05, 0.1) is 5.01 Å². The Kier molecular flexibility index (Phi) is 3.70. The molecule has 1 amide bonds. The summed E-state index contributed by atoms with van der Waals surface area (Å²) in [4.78, 5) is 19.1. The summed E-state index contributed by atoms with van der Waals surface area (Å²) in [6, 6.07) is 0. The van der Waals surface area contributed by atoms with Crippen LogP contribution < -0.4 is 0 Å². The van der Waals surface area contributed by atoms with Gasteiger partial charge in [0.15, 0.2) is 5.69 Å². The molecule has 5 nitrogen and oxygen atoms in total. The highest BCUT2D eigenvalue weighted by Crippen LogP contribution is 2.30. The standard InChI is InChI=1S/C16H20N4OS/c21-16(14-12-3-1-2-4-13(12)18-19-14)20-8-5-11(6-9-20)15-17-7-10-22-15/h7,10-11H,1-6,8-9H2,(H,18,19). The molecule has 0 saturated carbocycles. The van der Waals surface area contributed by atoms with E-state index >= 15 is 0 Å². The first-order valence-corrected chi connectivity index (χ1v) is 8.95. The molecule has 1 saturated heterocycles. The number of hydrogen-bond acceptors (Lipinski definition) is 4. The van der Waals surface area contributed by atoms with E-state index in [9.17, 15) is 4.79 Å². The second kappa shape index (κ2) is 5.83. The van der Waals surface area contributed by atoms with Gasteiger partial charge in [0.1, 0.15) is 0 Å². The monoisotopic (exact) mass is 316 g/mol. The maximum absolute atomic E-state index is 12.8. The van der Waals surface area contributed by atoms with Crippen molar-refractivity contribution in [2.45, 2.75) is 44.4 Å². The Labute approximate surface area is 133 Å². The Bertz CT molecular complexity index is 656. The summed E-state index contributed by atoms with van der Waals surface area (Å²) in [5.74, 6) is 0.620. The van der Waals surface area contributed by atoms with Gasteiger partial charge in [-0.15, -0.1) is 11.3 Å². The zero-order valence-electron chi connectivity index (χ0n) is 12.5. The van der Waals surface area contributed by atoms with Crippen LogP contribution in [0.4, 0.5) is 0 Å². The Morgan fingerprint density at radius 1 is 1.27 bits per heavy atom. The van der Waals surface area contributed by atoms with E-state index in [2.05, 4.69) is 15.2 Å². The van der Waals surface area contributed by atoms with Crippen LogP contribution in [0.15, 0.2) is 11.6 Å². The van der Waals surface area contributed by atoms with Gasteiger partial charge < -0.3 is 4.90 Å². The Morgan fingerprint density at radius 2 is 2.09 bits per heavy atom. The van der Waals surface area contributed by atoms with E-state index in [0.717, 1.165) is 38.8 Å². The number of fused-ring (bicyclic) bond motifs is 1. The van der Waals surface area contributed by atoms with Gasteiger partial charge in [-0.25, -0.2) is 4.98 Å². The van der Waals surface area contributed by atoms with Crippen LogP contribution in [-0.4, -0.2) is 39.1 Å². The number of rotatable bonds is 2. The number of hydrogen-bond donors (Lipinski definition) is 1. The van der Waals surface area contributed by atoms with Crippen molar-refractivity contribution in [2.24, 2.45) is 0 Å². The molecule has 1 fully saturated rings. The summed E-state index contributed by atoms with van der Waals surface area (Å²) in [7, 11) is 0.